The predicted molar refractivity (Wildman–Crippen MR) is 101 cm³/mol. The van der Waals surface area contributed by atoms with Gasteiger partial charge in [-0.25, -0.2) is 4.39 Å². The Kier molecular flexibility index (Phi) is 4.94. The monoisotopic (exact) mass is 380 g/mol. The number of hydrogen-bond donors (Lipinski definition) is 0. The second-order valence-corrected chi connectivity index (χ2v) is 7.16. The summed E-state index contributed by atoms with van der Waals surface area (Å²) in [6.07, 6.45) is 2.56. The van der Waals surface area contributed by atoms with Gasteiger partial charge >= 0.3 is 5.97 Å². The summed E-state index contributed by atoms with van der Waals surface area (Å²) in [4.78, 5) is 13.1. The topological polar surface area (TPSA) is 65.2 Å². The number of benzene rings is 2. The number of aromatic nitrogens is 2. The molecule has 0 N–H and O–H groups in total. The highest BCUT2D eigenvalue weighted by Gasteiger charge is 2.45. The van der Waals surface area contributed by atoms with Crippen molar-refractivity contribution in [2.24, 2.45) is 0 Å². The van der Waals surface area contributed by atoms with Crippen molar-refractivity contribution in [1.29, 1.82) is 0 Å². The molecule has 0 spiro atoms. The Morgan fingerprint density at radius 2 is 1.75 bits per heavy atom. The molecule has 0 saturated heterocycles. The molecule has 3 aromatic rings. The lowest BCUT2D eigenvalue weighted by Gasteiger charge is -2.28. The molecule has 5 nitrogen and oxygen atoms in total. The molecule has 1 aromatic heterocycles. The summed E-state index contributed by atoms with van der Waals surface area (Å²) < 4.78 is 24.8. The van der Waals surface area contributed by atoms with Crippen LogP contribution in [0.25, 0.3) is 11.5 Å². The van der Waals surface area contributed by atoms with Crippen LogP contribution < -0.4 is 0 Å². The van der Waals surface area contributed by atoms with Crippen LogP contribution >= 0.6 is 0 Å². The molecular formula is C22H21FN2O3. The first-order chi connectivity index (χ1) is 13.6. The molecule has 1 fully saturated rings. The predicted octanol–water partition coefficient (Wildman–Crippen LogP) is 4.99. The van der Waals surface area contributed by atoms with Gasteiger partial charge in [0.25, 0.3) is 5.89 Å². The molecule has 144 valence electrons. The number of halogens is 1. The van der Waals surface area contributed by atoms with E-state index in [-0.39, 0.29) is 17.7 Å². The van der Waals surface area contributed by atoms with E-state index in [1.807, 2.05) is 30.3 Å². The fourth-order valence-corrected chi connectivity index (χ4v) is 3.78. The zero-order valence-electron chi connectivity index (χ0n) is 15.6. The van der Waals surface area contributed by atoms with Gasteiger partial charge in [-0.15, -0.1) is 10.2 Å². The van der Waals surface area contributed by atoms with E-state index in [0.717, 1.165) is 24.0 Å². The molecule has 1 aliphatic rings. The van der Waals surface area contributed by atoms with Crippen molar-refractivity contribution in [1.82, 2.24) is 10.2 Å². The molecule has 6 heteroatoms. The molecule has 0 amide bonds. The van der Waals surface area contributed by atoms with Crippen molar-refractivity contribution >= 4 is 5.97 Å². The minimum atomic E-state index is -0.746. The third-order valence-corrected chi connectivity index (χ3v) is 5.34. The molecule has 4 rings (SSSR count). The molecule has 1 saturated carbocycles. The average molecular weight is 380 g/mol. The van der Waals surface area contributed by atoms with Crippen molar-refractivity contribution in [2.75, 3.05) is 0 Å². The number of hydrogen-bond acceptors (Lipinski definition) is 5. The van der Waals surface area contributed by atoms with Crippen LogP contribution in [-0.4, -0.2) is 16.2 Å². The van der Waals surface area contributed by atoms with E-state index in [1.54, 1.807) is 19.1 Å². The van der Waals surface area contributed by atoms with Crippen LogP contribution in [0.1, 0.15) is 50.2 Å². The first kappa shape index (κ1) is 18.3. The van der Waals surface area contributed by atoms with Gasteiger partial charge in [-0.2, -0.15) is 0 Å². The third kappa shape index (κ3) is 3.42. The maximum absolute atomic E-state index is 13.3. The minimum Gasteiger partial charge on any atom is -0.452 e. The molecule has 28 heavy (non-hydrogen) atoms. The Balaban J connectivity index is 1.53. The van der Waals surface area contributed by atoms with Crippen LogP contribution in [0.15, 0.2) is 59.0 Å². The standard InChI is InChI=1S/C22H21FN2O3/c1-15(19-24-25-20(28-19)16-7-3-2-4-8-16)27-21(26)22(13-5-6-14-22)17-9-11-18(23)12-10-17/h2-4,7-12,15H,5-6,13-14H2,1H3/t15-/m1/s1. The molecular weight excluding hydrogens is 359 g/mol. The summed E-state index contributed by atoms with van der Waals surface area (Å²) in [5.41, 5.74) is 0.849. The van der Waals surface area contributed by atoms with Crippen LogP contribution in [0.4, 0.5) is 4.39 Å². The van der Waals surface area contributed by atoms with Crippen molar-refractivity contribution in [2.45, 2.75) is 44.1 Å². The summed E-state index contributed by atoms with van der Waals surface area (Å²) >= 11 is 0. The van der Waals surface area contributed by atoms with Gasteiger partial charge in [0.15, 0.2) is 6.10 Å². The molecule has 0 bridgehead atoms. The molecule has 1 aliphatic carbocycles. The van der Waals surface area contributed by atoms with Crippen LogP contribution in [0, 0.1) is 5.82 Å². The fourth-order valence-electron chi connectivity index (χ4n) is 3.78. The van der Waals surface area contributed by atoms with Gasteiger partial charge in [-0.3, -0.25) is 4.79 Å². The smallest absolute Gasteiger partial charge is 0.317 e. The summed E-state index contributed by atoms with van der Waals surface area (Å²) in [6.45, 7) is 1.72. The quantitative estimate of drug-likeness (QED) is 0.583. The van der Waals surface area contributed by atoms with E-state index >= 15 is 0 Å². The molecule has 1 heterocycles. The summed E-state index contributed by atoms with van der Waals surface area (Å²) in [5, 5.41) is 8.08. The van der Waals surface area contributed by atoms with E-state index < -0.39 is 11.5 Å². The Bertz CT molecular complexity index is 947. The zero-order valence-corrected chi connectivity index (χ0v) is 15.6. The van der Waals surface area contributed by atoms with Gasteiger partial charge in [-0.05, 0) is 49.6 Å². The van der Waals surface area contributed by atoms with Crippen molar-refractivity contribution in [3.63, 3.8) is 0 Å². The first-order valence-corrected chi connectivity index (χ1v) is 9.44. The SMILES string of the molecule is C[C@@H](OC(=O)C1(c2ccc(F)cc2)CCCC1)c1nnc(-c2ccccc2)o1. The average Bonchev–Trinajstić information content (AvgIpc) is 3.40. The van der Waals surface area contributed by atoms with E-state index in [2.05, 4.69) is 10.2 Å². The maximum Gasteiger partial charge on any atom is 0.317 e. The van der Waals surface area contributed by atoms with Gasteiger partial charge in [0.1, 0.15) is 5.82 Å². The van der Waals surface area contributed by atoms with Gasteiger partial charge in [0.05, 0.1) is 5.41 Å². The zero-order chi connectivity index (χ0) is 19.6. The normalized spacial score (nSPS) is 16.6. The van der Waals surface area contributed by atoms with Gasteiger partial charge in [0.2, 0.25) is 5.89 Å². The van der Waals surface area contributed by atoms with Crippen molar-refractivity contribution in [3.8, 4) is 11.5 Å². The second-order valence-electron chi connectivity index (χ2n) is 7.16. The lowest BCUT2D eigenvalue weighted by molar-refractivity contribution is -0.156. The van der Waals surface area contributed by atoms with Gasteiger partial charge < -0.3 is 9.15 Å². The maximum atomic E-state index is 13.3. The van der Waals surface area contributed by atoms with Crippen LogP contribution in [-0.2, 0) is 14.9 Å². The summed E-state index contributed by atoms with van der Waals surface area (Å²) in [5.74, 6) is -0.0198. The fraction of sp³-hybridized carbons (Fsp3) is 0.318. The molecule has 1 atom stereocenters. The van der Waals surface area contributed by atoms with E-state index in [9.17, 15) is 9.18 Å². The number of nitrogens with zero attached hydrogens (tertiary/aromatic N) is 2. The molecule has 0 aliphatic heterocycles. The highest BCUT2D eigenvalue weighted by molar-refractivity contribution is 5.83. The van der Waals surface area contributed by atoms with Crippen molar-refractivity contribution in [3.05, 3.63) is 71.9 Å². The third-order valence-electron chi connectivity index (χ3n) is 5.34. The largest absolute Gasteiger partial charge is 0.452 e. The Hall–Kier alpha value is -3.02. The number of ether oxygens (including phenoxy) is 1. The van der Waals surface area contributed by atoms with Gasteiger partial charge in [-0.1, -0.05) is 43.2 Å². The van der Waals surface area contributed by atoms with Gasteiger partial charge in [0, 0.05) is 5.56 Å². The summed E-state index contributed by atoms with van der Waals surface area (Å²) in [6, 6.07) is 15.5. The lowest BCUT2D eigenvalue weighted by atomic mass is 9.79. The van der Waals surface area contributed by atoms with Crippen LogP contribution in [0.3, 0.4) is 0 Å². The van der Waals surface area contributed by atoms with E-state index in [0.29, 0.717) is 18.7 Å². The number of carbonyl (C=O) groups is 1. The molecule has 0 unspecified atom stereocenters. The first-order valence-electron chi connectivity index (χ1n) is 9.44. The Morgan fingerprint density at radius 1 is 1.07 bits per heavy atom. The summed E-state index contributed by atoms with van der Waals surface area (Å²) in [7, 11) is 0. The molecule has 0 radical (unpaired) electrons. The van der Waals surface area contributed by atoms with Crippen molar-refractivity contribution < 1.29 is 18.3 Å². The highest BCUT2D eigenvalue weighted by Crippen LogP contribution is 2.43. The van der Waals surface area contributed by atoms with Crippen LogP contribution in [0.2, 0.25) is 0 Å². The lowest BCUT2D eigenvalue weighted by Crippen LogP contribution is -2.35. The Morgan fingerprint density at radius 3 is 2.43 bits per heavy atom. The molecule has 2 aromatic carbocycles. The van der Waals surface area contributed by atoms with E-state index in [4.69, 9.17) is 9.15 Å². The number of rotatable bonds is 5. The van der Waals surface area contributed by atoms with E-state index in [1.165, 1.54) is 12.1 Å². The second kappa shape index (κ2) is 7.54. The Labute approximate surface area is 162 Å². The van der Waals surface area contributed by atoms with Crippen LogP contribution in [0.5, 0.6) is 0 Å². The highest BCUT2D eigenvalue weighted by atomic mass is 19.1. The minimum absolute atomic E-state index is 0.249. The number of esters is 1. The number of carbonyl (C=O) groups excluding carboxylic acids is 1.